The van der Waals surface area contributed by atoms with Gasteiger partial charge in [-0.1, -0.05) is 6.92 Å². The minimum atomic E-state index is -0.727. The second-order valence-electron chi connectivity index (χ2n) is 2.62. The van der Waals surface area contributed by atoms with Crippen LogP contribution in [-0.4, -0.2) is 18.4 Å². The van der Waals surface area contributed by atoms with Gasteiger partial charge in [-0.15, -0.1) is 0 Å². The van der Waals surface area contributed by atoms with Gasteiger partial charge in [0.15, 0.2) is 0 Å². The average Bonchev–Trinajstić information content (AvgIpc) is 2.13. The SMILES string of the molecule is CCC1CC(F)C(C)O1. The molecule has 54 valence electrons. The molecule has 0 aromatic heterocycles. The van der Waals surface area contributed by atoms with Crippen molar-refractivity contribution in [2.75, 3.05) is 0 Å². The molecule has 0 bridgehead atoms. The third-order valence-corrected chi connectivity index (χ3v) is 1.86. The van der Waals surface area contributed by atoms with Gasteiger partial charge in [-0.05, 0) is 13.3 Å². The van der Waals surface area contributed by atoms with Crippen molar-refractivity contribution in [1.82, 2.24) is 0 Å². The standard InChI is InChI=1S/C7H13FO/c1-3-6-4-7(8)5(2)9-6/h5-7H,3-4H2,1-2H3. The molecule has 0 amide bonds. The Kier molecular flexibility index (Phi) is 2.06. The van der Waals surface area contributed by atoms with E-state index < -0.39 is 6.17 Å². The maximum atomic E-state index is 12.6. The fourth-order valence-corrected chi connectivity index (χ4v) is 1.15. The van der Waals surface area contributed by atoms with Gasteiger partial charge in [0, 0.05) is 6.42 Å². The van der Waals surface area contributed by atoms with E-state index in [2.05, 4.69) is 0 Å². The van der Waals surface area contributed by atoms with Crippen molar-refractivity contribution < 1.29 is 9.13 Å². The quantitative estimate of drug-likeness (QED) is 0.529. The van der Waals surface area contributed by atoms with E-state index in [1.807, 2.05) is 6.92 Å². The first kappa shape index (κ1) is 7.00. The Labute approximate surface area is 55.2 Å². The smallest absolute Gasteiger partial charge is 0.128 e. The summed E-state index contributed by atoms with van der Waals surface area (Å²) in [6.45, 7) is 3.82. The Morgan fingerprint density at radius 2 is 2.33 bits per heavy atom. The van der Waals surface area contributed by atoms with Crippen LogP contribution in [0, 0.1) is 0 Å². The van der Waals surface area contributed by atoms with Crippen molar-refractivity contribution in [2.24, 2.45) is 0 Å². The molecule has 0 aromatic carbocycles. The van der Waals surface area contributed by atoms with E-state index >= 15 is 0 Å². The summed E-state index contributed by atoms with van der Waals surface area (Å²) < 4.78 is 17.9. The number of halogens is 1. The molecule has 1 aliphatic rings. The van der Waals surface area contributed by atoms with E-state index in [1.54, 1.807) is 6.92 Å². The van der Waals surface area contributed by atoms with Crippen LogP contribution >= 0.6 is 0 Å². The molecule has 3 atom stereocenters. The van der Waals surface area contributed by atoms with Gasteiger partial charge in [-0.2, -0.15) is 0 Å². The monoisotopic (exact) mass is 132 g/mol. The molecule has 1 aliphatic heterocycles. The lowest BCUT2D eigenvalue weighted by Crippen LogP contribution is -2.10. The molecule has 1 rings (SSSR count). The first-order chi connectivity index (χ1) is 4.24. The molecule has 2 heteroatoms. The van der Waals surface area contributed by atoms with Crippen molar-refractivity contribution in [2.45, 2.75) is 45.1 Å². The van der Waals surface area contributed by atoms with Crippen molar-refractivity contribution in [3.05, 3.63) is 0 Å². The molecular weight excluding hydrogens is 119 g/mol. The van der Waals surface area contributed by atoms with Crippen molar-refractivity contribution >= 4 is 0 Å². The summed E-state index contributed by atoms with van der Waals surface area (Å²) in [7, 11) is 0. The molecular formula is C7H13FO. The number of ether oxygens (including phenoxy) is 1. The zero-order valence-corrected chi connectivity index (χ0v) is 5.93. The lowest BCUT2D eigenvalue weighted by Gasteiger charge is -2.05. The number of hydrogen-bond donors (Lipinski definition) is 0. The lowest BCUT2D eigenvalue weighted by atomic mass is 10.1. The average molecular weight is 132 g/mol. The van der Waals surface area contributed by atoms with Gasteiger partial charge in [0.25, 0.3) is 0 Å². The lowest BCUT2D eigenvalue weighted by molar-refractivity contribution is 0.0389. The minimum absolute atomic E-state index is 0.171. The Hall–Kier alpha value is -0.110. The molecule has 1 heterocycles. The molecule has 0 spiro atoms. The predicted molar refractivity (Wildman–Crippen MR) is 34.1 cm³/mol. The molecule has 1 nitrogen and oxygen atoms in total. The number of rotatable bonds is 1. The molecule has 0 saturated carbocycles. The maximum absolute atomic E-state index is 12.6. The van der Waals surface area contributed by atoms with Gasteiger partial charge in [-0.3, -0.25) is 0 Å². The Balaban J connectivity index is 2.35. The van der Waals surface area contributed by atoms with Crippen LogP contribution in [0.15, 0.2) is 0 Å². The van der Waals surface area contributed by atoms with Crippen LogP contribution in [0.5, 0.6) is 0 Å². The first-order valence-corrected chi connectivity index (χ1v) is 3.53. The maximum Gasteiger partial charge on any atom is 0.128 e. The van der Waals surface area contributed by atoms with E-state index in [-0.39, 0.29) is 12.2 Å². The van der Waals surface area contributed by atoms with E-state index in [1.165, 1.54) is 0 Å². The Bertz CT molecular complexity index is 84.9. The molecule has 9 heavy (non-hydrogen) atoms. The summed E-state index contributed by atoms with van der Waals surface area (Å²) in [5, 5.41) is 0. The van der Waals surface area contributed by atoms with Crippen molar-refractivity contribution in [1.29, 1.82) is 0 Å². The van der Waals surface area contributed by atoms with E-state index in [0.717, 1.165) is 6.42 Å². The van der Waals surface area contributed by atoms with Gasteiger partial charge in [0.1, 0.15) is 6.17 Å². The van der Waals surface area contributed by atoms with Crippen LogP contribution in [0.3, 0.4) is 0 Å². The summed E-state index contributed by atoms with van der Waals surface area (Å²) in [6, 6.07) is 0. The van der Waals surface area contributed by atoms with E-state index in [4.69, 9.17) is 4.74 Å². The van der Waals surface area contributed by atoms with Crippen LogP contribution in [0.4, 0.5) is 4.39 Å². The van der Waals surface area contributed by atoms with Crippen molar-refractivity contribution in [3.8, 4) is 0 Å². The summed E-state index contributed by atoms with van der Waals surface area (Å²) in [5.74, 6) is 0. The van der Waals surface area contributed by atoms with Gasteiger partial charge in [0.05, 0.1) is 12.2 Å². The highest BCUT2D eigenvalue weighted by molar-refractivity contribution is 4.78. The topological polar surface area (TPSA) is 9.23 Å². The fourth-order valence-electron chi connectivity index (χ4n) is 1.15. The summed E-state index contributed by atoms with van der Waals surface area (Å²) in [6.07, 6.45) is 0.808. The van der Waals surface area contributed by atoms with Crippen molar-refractivity contribution in [3.63, 3.8) is 0 Å². The van der Waals surface area contributed by atoms with Gasteiger partial charge >= 0.3 is 0 Å². The molecule has 0 N–H and O–H groups in total. The first-order valence-electron chi connectivity index (χ1n) is 3.53. The Morgan fingerprint density at radius 1 is 1.67 bits per heavy atom. The van der Waals surface area contributed by atoms with Gasteiger partial charge in [0.2, 0.25) is 0 Å². The molecule has 0 aliphatic carbocycles. The summed E-state index contributed by atoms with van der Waals surface area (Å²) >= 11 is 0. The third-order valence-electron chi connectivity index (χ3n) is 1.86. The number of alkyl halides is 1. The van der Waals surface area contributed by atoms with Crippen LogP contribution in [0.1, 0.15) is 26.7 Å². The second-order valence-corrected chi connectivity index (χ2v) is 2.62. The predicted octanol–water partition coefficient (Wildman–Crippen LogP) is 1.91. The highest BCUT2D eigenvalue weighted by atomic mass is 19.1. The fraction of sp³-hybridized carbons (Fsp3) is 1.00. The minimum Gasteiger partial charge on any atom is -0.372 e. The molecule has 0 radical (unpaired) electrons. The molecule has 1 saturated heterocycles. The third kappa shape index (κ3) is 1.42. The second kappa shape index (κ2) is 2.65. The van der Waals surface area contributed by atoms with Crippen LogP contribution in [0.25, 0.3) is 0 Å². The molecule has 1 fully saturated rings. The highest BCUT2D eigenvalue weighted by Crippen LogP contribution is 2.24. The van der Waals surface area contributed by atoms with E-state index in [9.17, 15) is 4.39 Å². The molecule has 0 aromatic rings. The van der Waals surface area contributed by atoms with Crippen LogP contribution in [0.2, 0.25) is 0 Å². The summed E-state index contributed by atoms with van der Waals surface area (Å²) in [4.78, 5) is 0. The normalized spacial score (nSPS) is 43.7. The zero-order valence-electron chi connectivity index (χ0n) is 5.93. The van der Waals surface area contributed by atoms with Crippen LogP contribution in [-0.2, 0) is 4.74 Å². The van der Waals surface area contributed by atoms with E-state index in [0.29, 0.717) is 6.42 Å². The largest absolute Gasteiger partial charge is 0.372 e. The highest BCUT2D eigenvalue weighted by Gasteiger charge is 2.30. The molecule has 3 unspecified atom stereocenters. The van der Waals surface area contributed by atoms with Gasteiger partial charge in [-0.25, -0.2) is 4.39 Å². The Morgan fingerprint density at radius 3 is 2.56 bits per heavy atom. The van der Waals surface area contributed by atoms with Gasteiger partial charge < -0.3 is 4.74 Å². The zero-order chi connectivity index (χ0) is 6.85. The number of hydrogen-bond acceptors (Lipinski definition) is 1. The summed E-state index contributed by atoms with van der Waals surface area (Å²) in [5.41, 5.74) is 0. The van der Waals surface area contributed by atoms with Crippen LogP contribution < -0.4 is 0 Å².